The first kappa shape index (κ1) is 11.1. The molecule has 0 spiro atoms. The van der Waals surface area contributed by atoms with Crippen LogP contribution >= 0.6 is 11.8 Å². The van der Waals surface area contributed by atoms with Crippen LogP contribution in [0.15, 0.2) is 52.3 Å². The molecule has 0 saturated heterocycles. The Morgan fingerprint density at radius 2 is 1.89 bits per heavy atom. The molecule has 0 bridgehead atoms. The minimum atomic E-state index is -0.280. The number of nitrogen functional groups attached to an aromatic ring is 1. The van der Waals surface area contributed by atoms with E-state index in [9.17, 15) is 4.79 Å². The number of fused-ring (bicyclic) bond motifs is 2. The van der Waals surface area contributed by atoms with E-state index in [2.05, 4.69) is 10.7 Å². The van der Waals surface area contributed by atoms with E-state index in [4.69, 9.17) is 5.84 Å². The van der Waals surface area contributed by atoms with Gasteiger partial charge in [0.2, 0.25) is 0 Å². The van der Waals surface area contributed by atoms with Gasteiger partial charge in [0, 0.05) is 15.4 Å². The molecule has 0 aromatic heterocycles. The van der Waals surface area contributed by atoms with Gasteiger partial charge in [-0.3, -0.25) is 10.2 Å². The van der Waals surface area contributed by atoms with E-state index in [1.165, 1.54) is 0 Å². The van der Waals surface area contributed by atoms with E-state index < -0.39 is 0 Å². The number of anilines is 2. The smallest absolute Gasteiger partial charge is 0.265 e. The van der Waals surface area contributed by atoms with Gasteiger partial charge < -0.3 is 5.32 Å². The lowest BCUT2D eigenvalue weighted by atomic mass is 10.2. The molecule has 1 aliphatic rings. The van der Waals surface area contributed by atoms with Crippen LogP contribution in [0.3, 0.4) is 0 Å². The summed E-state index contributed by atoms with van der Waals surface area (Å²) < 4.78 is 0. The number of amides is 1. The van der Waals surface area contributed by atoms with E-state index in [0.29, 0.717) is 5.56 Å². The molecule has 1 amide bonds. The zero-order valence-electron chi connectivity index (χ0n) is 9.44. The molecule has 4 nitrogen and oxygen atoms in total. The third-order valence-corrected chi connectivity index (χ3v) is 3.88. The van der Waals surface area contributed by atoms with Crippen molar-refractivity contribution in [3.63, 3.8) is 0 Å². The van der Waals surface area contributed by atoms with E-state index in [-0.39, 0.29) is 5.91 Å². The SMILES string of the molecule is NNC(=O)c1ccc2c(c1)Sc1ccccc1N2. The van der Waals surface area contributed by atoms with Crippen LogP contribution in [-0.2, 0) is 0 Å². The van der Waals surface area contributed by atoms with Crippen molar-refractivity contribution in [3.05, 3.63) is 48.0 Å². The Morgan fingerprint density at radius 3 is 2.72 bits per heavy atom. The van der Waals surface area contributed by atoms with Crippen molar-refractivity contribution in [2.24, 2.45) is 5.84 Å². The summed E-state index contributed by atoms with van der Waals surface area (Å²) in [7, 11) is 0. The van der Waals surface area contributed by atoms with Gasteiger partial charge in [-0.15, -0.1) is 0 Å². The summed E-state index contributed by atoms with van der Waals surface area (Å²) >= 11 is 1.64. The fourth-order valence-corrected chi connectivity index (χ4v) is 2.88. The summed E-state index contributed by atoms with van der Waals surface area (Å²) in [5.41, 5.74) is 4.79. The Bertz CT molecular complexity index is 627. The molecule has 1 heterocycles. The molecule has 4 N–H and O–H groups in total. The van der Waals surface area contributed by atoms with Gasteiger partial charge in [0.1, 0.15) is 0 Å². The number of hydrazine groups is 1. The van der Waals surface area contributed by atoms with Crippen molar-refractivity contribution in [1.29, 1.82) is 0 Å². The van der Waals surface area contributed by atoms with Crippen LogP contribution in [0.5, 0.6) is 0 Å². The molecule has 5 heteroatoms. The van der Waals surface area contributed by atoms with Crippen molar-refractivity contribution in [2.75, 3.05) is 5.32 Å². The van der Waals surface area contributed by atoms with Crippen molar-refractivity contribution in [2.45, 2.75) is 9.79 Å². The molecule has 18 heavy (non-hydrogen) atoms. The molecule has 3 rings (SSSR count). The van der Waals surface area contributed by atoms with Crippen molar-refractivity contribution < 1.29 is 4.79 Å². The molecule has 0 saturated carbocycles. The van der Waals surface area contributed by atoms with E-state index >= 15 is 0 Å². The second-order valence-corrected chi connectivity index (χ2v) is 4.99. The molecule has 0 atom stereocenters. The normalized spacial score (nSPS) is 12.1. The number of benzene rings is 2. The highest BCUT2D eigenvalue weighted by molar-refractivity contribution is 7.99. The minimum Gasteiger partial charge on any atom is -0.354 e. The summed E-state index contributed by atoms with van der Waals surface area (Å²) in [6, 6.07) is 13.6. The summed E-state index contributed by atoms with van der Waals surface area (Å²) in [4.78, 5) is 13.7. The number of para-hydroxylation sites is 1. The molecule has 1 aliphatic heterocycles. The Morgan fingerprint density at radius 1 is 1.11 bits per heavy atom. The minimum absolute atomic E-state index is 0.280. The summed E-state index contributed by atoms with van der Waals surface area (Å²) in [5.74, 6) is 4.85. The van der Waals surface area contributed by atoms with Crippen LogP contribution in [0.4, 0.5) is 11.4 Å². The summed E-state index contributed by atoms with van der Waals surface area (Å²) in [6.07, 6.45) is 0. The zero-order valence-corrected chi connectivity index (χ0v) is 10.3. The predicted molar refractivity (Wildman–Crippen MR) is 71.9 cm³/mol. The van der Waals surface area contributed by atoms with Crippen LogP contribution in [-0.4, -0.2) is 5.91 Å². The fraction of sp³-hybridized carbons (Fsp3) is 0. The lowest BCUT2D eigenvalue weighted by molar-refractivity contribution is 0.0953. The Labute approximate surface area is 109 Å². The number of carbonyl (C=O) groups is 1. The highest BCUT2D eigenvalue weighted by Crippen LogP contribution is 2.44. The van der Waals surface area contributed by atoms with Crippen molar-refractivity contribution in [1.82, 2.24) is 5.43 Å². The quantitative estimate of drug-likeness (QED) is 0.356. The fourth-order valence-electron chi connectivity index (χ4n) is 1.86. The number of nitrogens with two attached hydrogens (primary N) is 1. The molecule has 0 unspecified atom stereocenters. The molecule has 0 radical (unpaired) electrons. The number of carbonyl (C=O) groups excluding carboxylic acids is 1. The lowest BCUT2D eigenvalue weighted by Crippen LogP contribution is -2.30. The topological polar surface area (TPSA) is 67.1 Å². The van der Waals surface area contributed by atoms with Gasteiger partial charge >= 0.3 is 0 Å². The van der Waals surface area contributed by atoms with Crippen LogP contribution in [0, 0.1) is 0 Å². The zero-order chi connectivity index (χ0) is 12.5. The van der Waals surface area contributed by atoms with E-state index in [1.54, 1.807) is 17.8 Å². The molecule has 2 aromatic carbocycles. The van der Waals surface area contributed by atoms with Gasteiger partial charge in [0.25, 0.3) is 5.91 Å². The van der Waals surface area contributed by atoms with Gasteiger partial charge in [0.05, 0.1) is 11.4 Å². The van der Waals surface area contributed by atoms with Gasteiger partial charge in [-0.25, -0.2) is 5.84 Å². The average Bonchev–Trinajstić information content (AvgIpc) is 2.43. The molecular formula is C13H11N3OS. The Balaban J connectivity index is 2.01. The standard InChI is InChI=1S/C13H11N3OS/c14-16-13(17)8-5-6-10-12(7-8)18-11-4-2-1-3-9(11)15-10/h1-7,15H,14H2,(H,16,17). The molecule has 90 valence electrons. The number of hydrogen-bond donors (Lipinski definition) is 3. The highest BCUT2D eigenvalue weighted by Gasteiger charge is 2.16. The molecular weight excluding hydrogens is 246 g/mol. The van der Waals surface area contributed by atoms with Crippen LogP contribution < -0.4 is 16.6 Å². The first-order chi connectivity index (χ1) is 8.78. The first-order valence-corrected chi connectivity index (χ1v) is 6.28. The lowest BCUT2D eigenvalue weighted by Gasteiger charge is -2.20. The maximum Gasteiger partial charge on any atom is 0.265 e. The molecule has 2 aromatic rings. The predicted octanol–water partition coefficient (Wildman–Crippen LogP) is 2.50. The third-order valence-electron chi connectivity index (χ3n) is 2.75. The summed E-state index contributed by atoms with van der Waals surface area (Å²) in [6.45, 7) is 0. The largest absolute Gasteiger partial charge is 0.354 e. The van der Waals surface area contributed by atoms with Crippen LogP contribution in [0.2, 0.25) is 0 Å². The monoisotopic (exact) mass is 257 g/mol. The third kappa shape index (κ3) is 1.83. The average molecular weight is 257 g/mol. The molecule has 0 aliphatic carbocycles. The number of rotatable bonds is 1. The van der Waals surface area contributed by atoms with Crippen molar-refractivity contribution >= 4 is 29.0 Å². The van der Waals surface area contributed by atoms with Crippen molar-refractivity contribution in [3.8, 4) is 0 Å². The van der Waals surface area contributed by atoms with Gasteiger partial charge in [-0.1, -0.05) is 23.9 Å². The molecule has 0 fully saturated rings. The van der Waals surface area contributed by atoms with E-state index in [1.807, 2.05) is 36.4 Å². The highest BCUT2D eigenvalue weighted by atomic mass is 32.2. The number of nitrogens with one attached hydrogen (secondary N) is 2. The van der Waals surface area contributed by atoms with Gasteiger partial charge in [-0.2, -0.15) is 0 Å². The summed E-state index contributed by atoms with van der Waals surface area (Å²) in [5, 5.41) is 3.34. The van der Waals surface area contributed by atoms with Gasteiger partial charge in [-0.05, 0) is 30.3 Å². The first-order valence-electron chi connectivity index (χ1n) is 5.47. The second-order valence-electron chi connectivity index (χ2n) is 3.91. The van der Waals surface area contributed by atoms with Gasteiger partial charge in [0.15, 0.2) is 0 Å². The Kier molecular flexibility index (Phi) is 2.70. The van der Waals surface area contributed by atoms with Crippen LogP contribution in [0.25, 0.3) is 0 Å². The maximum atomic E-state index is 11.5. The maximum absolute atomic E-state index is 11.5. The Hall–Kier alpha value is -1.98. The second kappa shape index (κ2) is 4.36. The van der Waals surface area contributed by atoms with Crippen LogP contribution in [0.1, 0.15) is 10.4 Å². The van der Waals surface area contributed by atoms with E-state index in [0.717, 1.165) is 21.2 Å². The number of hydrogen-bond acceptors (Lipinski definition) is 4.